The first-order valence-corrected chi connectivity index (χ1v) is 11.2. The zero-order valence-corrected chi connectivity index (χ0v) is 18.4. The van der Waals surface area contributed by atoms with Crippen molar-refractivity contribution in [1.29, 1.82) is 0 Å². The van der Waals surface area contributed by atoms with Gasteiger partial charge in [0, 0.05) is 44.4 Å². The predicted molar refractivity (Wildman–Crippen MR) is 125 cm³/mol. The van der Waals surface area contributed by atoms with Crippen LogP contribution in [0.25, 0.3) is 22.0 Å². The lowest BCUT2D eigenvalue weighted by Crippen LogP contribution is -2.39. The van der Waals surface area contributed by atoms with Gasteiger partial charge >= 0.3 is 0 Å². The number of carbonyl (C=O) groups is 1. The minimum absolute atomic E-state index is 0.0264. The molecule has 1 amide bonds. The molecule has 1 fully saturated rings. The highest BCUT2D eigenvalue weighted by Crippen LogP contribution is 2.22. The second-order valence-corrected chi connectivity index (χ2v) is 8.01. The van der Waals surface area contributed by atoms with Crippen molar-refractivity contribution < 1.29 is 9.53 Å². The molecular formula is C24H29N5O3. The molecule has 4 rings (SSSR count). The number of hydrogen-bond donors (Lipinski definition) is 1. The molecule has 1 aliphatic rings. The Labute approximate surface area is 187 Å². The van der Waals surface area contributed by atoms with Crippen LogP contribution in [0, 0.1) is 0 Å². The van der Waals surface area contributed by atoms with Gasteiger partial charge in [-0.05, 0) is 36.2 Å². The Morgan fingerprint density at radius 3 is 2.66 bits per heavy atom. The van der Waals surface area contributed by atoms with Gasteiger partial charge in [-0.25, -0.2) is 9.97 Å². The Bertz CT molecular complexity index is 1120. The molecule has 8 heteroatoms. The zero-order valence-electron chi connectivity index (χ0n) is 18.4. The molecule has 0 spiro atoms. The second kappa shape index (κ2) is 10.5. The fourth-order valence-corrected chi connectivity index (χ4v) is 3.75. The third-order valence-electron chi connectivity index (χ3n) is 5.71. The van der Waals surface area contributed by atoms with Crippen LogP contribution < -0.4 is 10.9 Å². The fourth-order valence-electron chi connectivity index (χ4n) is 3.75. The van der Waals surface area contributed by atoms with Crippen LogP contribution in [0.1, 0.15) is 26.2 Å². The van der Waals surface area contributed by atoms with Gasteiger partial charge in [-0.2, -0.15) is 0 Å². The van der Waals surface area contributed by atoms with Crippen LogP contribution >= 0.6 is 0 Å². The van der Waals surface area contributed by atoms with Gasteiger partial charge in [0.25, 0.3) is 5.56 Å². The summed E-state index contributed by atoms with van der Waals surface area (Å²) >= 11 is 0. The predicted octanol–water partition coefficient (Wildman–Crippen LogP) is 2.92. The number of ether oxygens (including phenoxy) is 1. The summed E-state index contributed by atoms with van der Waals surface area (Å²) in [6, 6.07) is 9.35. The van der Waals surface area contributed by atoms with Crippen molar-refractivity contribution in [2.75, 3.05) is 38.2 Å². The number of fused-ring (bicyclic) bond motifs is 1. The number of rotatable bonds is 8. The van der Waals surface area contributed by atoms with Crippen molar-refractivity contribution >= 4 is 22.6 Å². The summed E-state index contributed by atoms with van der Waals surface area (Å²) in [7, 11) is 0. The average molecular weight is 436 g/mol. The molecule has 0 radical (unpaired) electrons. The number of aromatic nitrogens is 3. The first kappa shape index (κ1) is 22.1. The van der Waals surface area contributed by atoms with Crippen LogP contribution in [-0.2, 0) is 16.1 Å². The van der Waals surface area contributed by atoms with Crippen molar-refractivity contribution in [3.05, 3.63) is 53.2 Å². The molecule has 1 aliphatic heterocycles. The van der Waals surface area contributed by atoms with E-state index in [2.05, 4.69) is 27.1 Å². The lowest BCUT2D eigenvalue weighted by atomic mass is 10.1. The van der Waals surface area contributed by atoms with Gasteiger partial charge in [-0.3, -0.25) is 19.1 Å². The van der Waals surface area contributed by atoms with Crippen molar-refractivity contribution in [3.8, 4) is 11.1 Å². The standard InChI is InChI=1S/C24H29N5O3/c1-2-3-4-23(30)27-22-8-6-19(16-25-22)18-5-7-21-20(15-18)24(31)29(17-26-21)10-9-28-11-13-32-14-12-28/h5-8,15-17H,2-4,9-14H2,1H3,(H,25,27,30). The number of nitrogens with zero attached hydrogens (tertiary/aromatic N) is 4. The number of anilines is 1. The number of pyridine rings is 1. The summed E-state index contributed by atoms with van der Waals surface area (Å²) in [5.41, 5.74) is 2.40. The monoisotopic (exact) mass is 435 g/mol. The van der Waals surface area contributed by atoms with E-state index in [0.29, 0.717) is 29.7 Å². The molecular weight excluding hydrogens is 406 g/mol. The quantitative estimate of drug-likeness (QED) is 0.585. The largest absolute Gasteiger partial charge is 0.379 e. The van der Waals surface area contributed by atoms with Gasteiger partial charge < -0.3 is 10.1 Å². The molecule has 1 N–H and O–H groups in total. The lowest BCUT2D eigenvalue weighted by molar-refractivity contribution is -0.116. The van der Waals surface area contributed by atoms with Crippen LogP contribution in [0.15, 0.2) is 47.7 Å². The lowest BCUT2D eigenvalue weighted by Gasteiger charge is -2.26. The fraction of sp³-hybridized carbons (Fsp3) is 0.417. The second-order valence-electron chi connectivity index (χ2n) is 8.01. The minimum Gasteiger partial charge on any atom is -0.379 e. The average Bonchev–Trinajstić information content (AvgIpc) is 2.83. The van der Waals surface area contributed by atoms with Crippen LogP contribution in [0.3, 0.4) is 0 Å². The van der Waals surface area contributed by atoms with Crippen LogP contribution in [-0.4, -0.2) is 58.2 Å². The van der Waals surface area contributed by atoms with E-state index < -0.39 is 0 Å². The van der Waals surface area contributed by atoms with Gasteiger partial charge in [0.15, 0.2) is 0 Å². The van der Waals surface area contributed by atoms with Crippen LogP contribution in [0.5, 0.6) is 0 Å². The summed E-state index contributed by atoms with van der Waals surface area (Å²) in [6.07, 6.45) is 5.67. The van der Waals surface area contributed by atoms with Gasteiger partial charge in [0.2, 0.25) is 5.91 Å². The Morgan fingerprint density at radius 2 is 1.91 bits per heavy atom. The van der Waals surface area contributed by atoms with Crippen LogP contribution in [0.4, 0.5) is 5.82 Å². The number of carbonyl (C=O) groups excluding carboxylic acids is 1. The molecule has 0 aliphatic carbocycles. The summed E-state index contributed by atoms with van der Waals surface area (Å²) in [5, 5.41) is 3.40. The summed E-state index contributed by atoms with van der Waals surface area (Å²) < 4.78 is 7.06. The van der Waals surface area contributed by atoms with E-state index in [4.69, 9.17) is 4.74 Å². The van der Waals surface area contributed by atoms with Crippen molar-refractivity contribution in [2.24, 2.45) is 0 Å². The van der Waals surface area contributed by atoms with Gasteiger partial charge in [0.05, 0.1) is 30.4 Å². The molecule has 168 valence electrons. The van der Waals surface area contributed by atoms with E-state index in [-0.39, 0.29) is 11.5 Å². The molecule has 0 unspecified atom stereocenters. The number of benzene rings is 1. The topological polar surface area (TPSA) is 89.4 Å². The molecule has 0 saturated carbocycles. The highest BCUT2D eigenvalue weighted by Gasteiger charge is 2.12. The Morgan fingerprint density at radius 1 is 1.09 bits per heavy atom. The highest BCUT2D eigenvalue weighted by molar-refractivity contribution is 5.90. The van der Waals surface area contributed by atoms with Gasteiger partial charge in [-0.1, -0.05) is 19.4 Å². The zero-order chi connectivity index (χ0) is 22.3. The third-order valence-corrected chi connectivity index (χ3v) is 5.71. The maximum atomic E-state index is 13.1. The minimum atomic E-state index is -0.0436. The Kier molecular flexibility index (Phi) is 7.24. The molecule has 1 saturated heterocycles. The van der Waals surface area contributed by atoms with E-state index >= 15 is 0 Å². The normalized spacial score (nSPS) is 14.5. The SMILES string of the molecule is CCCCC(=O)Nc1ccc(-c2ccc3ncn(CCN4CCOCC4)c(=O)c3c2)cn1. The number of unbranched alkanes of at least 4 members (excludes halogenated alkanes) is 1. The number of amides is 1. The molecule has 2 aromatic heterocycles. The molecule has 32 heavy (non-hydrogen) atoms. The Hall–Kier alpha value is -3.10. The van der Waals surface area contributed by atoms with E-state index in [1.165, 1.54) is 0 Å². The maximum absolute atomic E-state index is 13.1. The number of morpholine rings is 1. The molecule has 3 heterocycles. The Balaban J connectivity index is 1.50. The van der Waals surface area contributed by atoms with Crippen LogP contribution in [0.2, 0.25) is 0 Å². The van der Waals surface area contributed by atoms with Crippen molar-refractivity contribution in [1.82, 2.24) is 19.4 Å². The van der Waals surface area contributed by atoms with E-state index in [9.17, 15) is 9.59 Å². The third kappa shape index (κ3) is 5.38. The number of hydrogen-bond acceptors (Lipinski definition) is 6. The molecule has 3 aromatic rings. The number of nitrogens with one attached hydrogen (secondary N) is 1. The van der Waals surface area contributed by atoms with E-state index in [0.717, 1.165) is 56.8 Å². The van der Waals surface area contributed by atoms with E-state index in [1.54, 1.807) is 23.2 Å². The molecule has 0 bridgehead atoms. The first-order chi connectivity index (χ1) is 15.6. The van der Waals surface area contributed by atoms with Gasteiger partial charge in [-0.15, -0.1) is 0 Å². The van der Waals surface area contributed by atoms with Crippen molar-refractivity contribution in [3.63, 3.8) is 0 Å². The summed E-state index contributed by atoms with van der Waals surface area (Å²) in [6.45, 7) is 6.71. The molecule has 1 aromatic carbocycles. The van der Waals surface area contributed by atoms with Crippen molar-refractivity contribution in [2.45, 2.75) is 32.7 Å². The highest BCUT2D eigenvalue weighted by atomic mass is 16.5. The first-order valence-electron chi connectivity index (χ1n) is 11.2. The maximum Gasteiger partial charge on any atom is 0.261 e. The smallest absolute Gasteiger partial charge is 0.261 e. The summed E-state index contributed by atoms with van der Waals surface area (Å²) in [5.74, 6) is 0.504. The molecule has 8 nitrogen and oxygen atoms in total. The van der Waals surface area contributed by atoms with Gasteiger partial charge in [0.1, 0.15) is 5.82 Å². The summed E-state index contributed by atoms with van der Waals surface area (Å²) in [4.78, 5) is 36.1. The molecule has 0 atom stereocenters. The van der Waals surface area contributed by atoms with E-state index in [1.807, 2.05) is 24.3 Å².